The van der Waals surface area contributed by atoms with Gasteiger partial charge in [0, 0.05) is 25.6 Å². The molecule has 1 aromatic rings. The summed E-state index contributed by atoms with van der Waals surface area (Å²) in [6.07, 6.45) is 6.56. The van der Waals surface area contributed by atoms with Crippen molar-refractivity contribution in [3.05, 3.63) is 23.7 Å². The summed E-state index contributed by atoms with van der Waals surface area (Å²) in [6.45, 7) is 8.22. The van der Waals surface area contributed by atoms with Crippen LogP contribution in [0.1, 0.15) is 44.1 Å². The van der Waals surface area contributed by atoms with Crippen molar-refractivity contribution in [2.45, 2.75) is 51.6 Å². The van der Waals surface area contributed by atoms with Crippen molar-refractivity contribution >= 4 is 0 Å². The van der Waals surface area contributed by atoms with Crippen molar-refractivity contribution in [2.24, 2.45) is 0 Å². The van der Waals surface area contributed by atoms with Gasteiger partial charge in [-0.3, -0.25) is 9.80 Å². The lowest BCUT2D eigenvalue weighted by Gasteiger charge is -2.32. The third-order valence-electron chi connectivity index (χ3n) is 4.60. The van der Waals surface area contributed by atoms with Crippen LogP contribution in [0.25, 0.3) is 0 Å². The van der Waals surface area contributed by atoms with Gasteiger partial charge < -0.3 is 4.42 Å². The zero-order valence-corrected chi connectivity index (χ0v) is 12.1. The van der Waals surface area contributed by atoms with E-state index in [0.717, 1.165) is 30.5 Å². The smallest absolute Gasteiger partial charge is 0.118 e. The van der Waals surface area contributed by atoms with Gasteiger partial charge in [-0.1, -0.05) is 13.3 Å². The zero-order valence-electron chi connectivity index (χ0n) is 12.1. The van der Waals surface area contributed by atoms with Gasteiger partial charge in [0.2, 0.25) is 0 Å². The summed E-state index contributed by atoms with van der Waals surface area (Å²) >= 11 is 0. The first-order valence-corrected chi connectivity index (χ1v) is 7.89. The van der Waals surface area contributed by atoms with Crippen LogP contribution >= 0.6 is 0 Å². The minimum Gasteiger partial charge on any atom is -0.465 e. The number of hydrogen-bond acceptors (Lipinski definition) is 3. The van der Waals surface area contributed by atoms with E-state index < -0.39 is 0 Å². The van der Waals surface area contributed by atoms with E-state index in [1.165, 1.54) is 51.9 Å². The summed E-state index contributed by atoms with van der Waals surface area (Å²) in [5.41, 5.74) is 0. The summed E-state index contributed by atoms with van der Waals surface area (Å²) in [4.78, 5) is 5.26. The summed E-state index contributed by atoms with van der Waals surface area (Å²) in [5, 5.41) is 0. The van der Waals surface area contributed by atoms with E-state index in [1.54, 1.807) is 0 Å². The average Bonchev–Trinajstić information content (AvgIpc) is 3.09. The SMILES string of the molecule is CCc1ccc(CN2CC[C@H](N3CCCCC3)C2)o1. The van der Waals surface area contributed by atoms with Crippen LogP contribution < -0.4 is 0 Å². The van der Waals surface area contributed by atoms with E-state index in [0.29, 0.717) is 0 Å². The van der Waals surface area contributed by atoms with Crippen molar-refractivity contribution in [1.29, 1.82) is 0 Å². The maximum atomic E-state index is 5.82. The first kappa shape index (κ1) is 13.2. The van der Waals surface area contributed by atoms with Crippen molar-refractivity contribution in [3.63, 3.8) is 0 Å². The third kappa shape index (κ3) is 3.21. The molecule has 0 aromatic carbocycles. The molecule has 0 aliphatic carbocycles. The molecule has 3 heteroatoms. The van der Waals surface area contributed by atoms with Crippen LogP contribution in [0.5, 0.6) is 0 Å². The molecular weight excluding hydrogens is 236 g/mol. The number of hydrogen-bond donors (Lipinski definition) is 0. The average molecular weight is 262 g/mol. The number of furan rings is 1. The van der Waals surface area contributed by atoms with Crippen LogP contribution in [-0.4, -0.2) is 42.0 Å². The lowest BCUT2D eigenvalue weighted by molar-refractivity contribution is 0.159. The van der Waals surface area contributed by atoms with E-state index in [-0.39, 0.29) is 0 Å². The van der Waals surface area contributed by atoms with Gasteiger partial charge in [-0.2, -0.15) is 0 Å². The molecule has 0 bridgehead atoms. The normalized spacial score (nSPS) is 26.1. The fourth-order valence-corrected chi connectivity index (χ4v) is 3.46. The van der Waals surface area contributed by atoms with Crippen LogP contribution in [0, 0.1) is 0 Å². The molecular formula is C16H26N2O. The molecule has 0 radical (unpaired) electrons. The number of piperidine rings is 1. The molecule has 19 heavy (non-hydrogen) atoms. The Morgan fingerprint density at radius 2 is 1.89 bits per heavy atom. The van der Waals surface area contributed by atoms with Crippen molar-refractivity contribution < 1.29 is 4.42 Å². The highest BCUT2D eigenvalue weighted by Gasteiger charge is 2.28. The summed E-state index contributed by atoms with van der Waals surface area (Å²) in [6, 6.07) is 5.06. The second kappa shape index (κ2) is 6.10. The van der Waals surface area contributed by atoms with Crippen LogP contribution in [0.4, 0.5) is 0 Å². The topological polar surface area (TPSA) is 19.6 Å². The Labute approximate surface area is 116 Å². The zero-order chi connectivity index (χ0) is 13.1. The molecule has 3 rings (SSSR count). The minimum atomic E-state index is 0.793. The molecule has 2 fully saturated rings. The Balaban J connectivity index is 1.51. The predicted octanol–water partition coefficient (Wildman–Crippen LogP) is 2.90. The number of likely N-dealkylation sites (tertiary alicyclic amines) is 2. The van der Waals surface area contributed by atoms with E-state index in [9.17, 15) is 0 Å². The van der Waals surface area contributed by atoms with Gasteiger partial charge in [0.1, 0.15) is 11.5 Å². The number of nitrogens with zero attached hydrogens (tertiary/aromatic N) is 2. The van der Waals surface area contributed by atoms with Gasteiger partial charge in [-0.05, 0) is 44.5 Å². The van der Waals surface area contributed by atoms with Gasteiger partial charge >= 0.3 is 0 Å². The van der Waals surface area contributed by atoms with Crippen LogP contribution in [-0.2, 0) is 13.0 Å². The third-order valence-corrected chi connectivity index (χ3v) is 4.60. The lowest BCUT2D eigenvalue weighted by Crippen LogP contribution is -2.40. The maximum absolute atomic E-state index is 5.82. The first-order valence-electron chi connectivity index (χ1n) is 7.89. The molecule has 0 amide bonds. The predicted molar refractivity (Wildman–Crippen MR) is 77.2 cm³/mol. The molecule has 106 valence electrons. The first-order chi connectivity index (χ1) is 9.35. The summed E-state index contributed by atoms with van der Waals surface area (Å²) in [5.74, 6) is 2.25. The lowest BCUT2D eigenvalue weighted by atomic mass is 10.1. The van der Waals surface area contributed by atoms with E-state index in [2.05, 4.69) is 28.9 Å². The standard InChI is InChI=1S/C16H26N2O/c1-2-15-6-7-16(19-15)13-17-11-8-14(12-17)18-9-4-3-5-10-18/h6-7,14H,2-5,8-13H2,1H3/t14-/m0/s1. The minimum absolute atomic E-state index is 0.793. The quantitative estimate of drug-likeness (QED) is 0.832. The second-order valence-electron chi connectivity index (χ2n) is 6.00. The van der Waals surface area contributed by atoms with Gasteiger partial charge in [0.15, 0.2) is 0 Å². The van der Waals surface area contributed by atoms with Gasteiger partial charge in [-0.15, -0.1) is 0 Å². The van der Waals surface area contributed by atoms with E-state index >= 15 is 0 Å². The summed E-state index contributed by atoms with van der Waals surface area (Å²) < 4.78 is 5.82. The van der Waals surface area contributed by atoms with Crippen molar-refractivity contribution in [1.82, 2.24) is 9.80 Å². The Kier molecular flexibility index (Phi) is 4.24. The fourth-order valence-electron chi connectivity index (χ4n) is 3.46. The highest BCUT2D eigenvalue weighted by molar-refractivity contribution is 5.07. The van der Waals surface area contributed by atoms with Gasteiger partial charge in [-0.25, -0.2) is 0 Å². The van der Waals surface area contributed by atoms with E-state index in [4.69, 9.17) is 4.42 Å². The molecule has 0 unspecified atom stereocenters. The highest BCUT2D eigenvalue weighted by Crippen LogP contribution is 2.22. The largest absolute Gasteiger partial charge is 0.465 e. The molecule has 0 N–H and O–H groups in total. The van der Waals surface area contributed by atoms with Crippen molar-refractivity contribution in [3.8, 4) is 0 Å². The number of aryl methyl sites for hydroxylation is 1. The monoisotopic (exact) mass is 262 g/mol. The van der Waals surface area contributed by atoms with Crippen LogP contribution in [0.2, 0.25) is 0 Å². The summed E-state index contributed by atoms with van der Waals surface area (Å²) in [7, 11) is 0. The molecule has 1 aromatic heterocycles. The Bertz CT molecular complexity index is 395. The number of rotatable bonds is 4. The van der Waals surface area contributed by atoms with Gasteiger partial charge in [0.25, 0.3) is 0 Å². The van der Waals surface area contributed by atoms with Gasteiger partial charge in [0.05, 0.1) is 6.54 Å². The molecule has 3 nitrogen and oxygen atoms in total. The highest BCUT2D eigenvalue weighted by atomic mass is 16.3. The molecule has 3 heterocycles. The molecule has 2 aliphatic rings. The fraction of sp³-hybridized carbons (Fsp3) is 0.750. The Hall–Kier alpha value is -0.800. The second-order valence-corrected chi connectivity index (χ2v) is 6.00. The Morgan fingerprint density at radius 3 is 2.63 bits per heavy atom. The molecule has 0 spiro atoms. The van der Waals surface area contributed by atoms with Crippen molar-refractivity contribution in [2.75, 3.05) is 26.2 Å². The van der Waals surface area contributed by atoms with E-state index in [1.807, 2.05) is 0 Å². The molecule has 0 saturated carbocycles. The molecule has 2 aliphatic heterocycles. The maximum Gasteiger partial charge on any atom is 0.118 e. The molecule has 1 atom stereocenters. The molecule has 2 saturated heterocycles. The van der Waals surface area contributed by atoms with Crippen LogP contribution in [0.15, 0.2) is 16.5 Å². The van der Waals surface area contributed by atoms with Crippen LogP contribution in [0.3, 0.4) is 0 Å². The Morgan fingerprint density at radius 1 is 1.11 bits per heavy atom.